The first kappa shape index (κ1) is 18.0. The van der Waals surface area contributed by atoms with Gasteiger partial charge < -0.3 is 14.1 Å². The average molecular weight is 410 g/mol. The van der Waals surface area contributed by atoms with Crippen LogP contribution in [0.3, 0.4) is 0 Å². The number of thiazole rings is 1. The van der Waals surface area contributed by atoms with Crippen molar-refractivity contribution in [1.29, 1.82) is 0 Å². The number of nitrogens with one attached hydrogen (secondary N) is 2. The molecule has 0 aliphatic carbocycles. The van der Waals surface area contributed by atoms with E-state index in [0.29, 0.717) is 10.2 Å². The molecule has 0 radical (unpaired) electrons. The molecule has 28 heavy (non-hydrogen) atoms. The van der Waals surface area contributed by atoms with E-state index < -0.39 is 23.6 Å². The minimum Gasteiger partial charge on any atom is -0.442 e. The number of fused-ring (bicyclic) bond motifs is 2. The summed E-state index contributed by atoms with van der Waals surface area (Å²) < 4.78 is 46.6. The molecule has 3 heterocycles. The van der Waals surface area contributed by atoms with Gasteiger partial charge in [0.2, 0.25) is 5.71 Å². The molecule has 0 unspecified atom stereocenters. The predicted octanol–water partition coefficient (Wildman–Crippen LogP) is 3.59. The second-order valence-corrected chi connectivity index (χ2v) is 6.63. The van der Waals surface area contributed by atoms with Crippen LogP contribution in [0.4, 0.5) is 18.3 Å². The van der Waals surface area contributed by atoms with Crippen LogP contribution < -0.4 is 15.6 Å². The lowest BCUT2D eigenvalue weighted by Crippen LogP contribution is -2.16. The number of benzene rings is 1. The van der Waals surface area contributed by atoms with Crippen LogP contribution in [-0.4, -0.2) is 27.2 Å². The molecule has 144 valence electrons. The lowest BCUT2D eigenvalue weighted by Gasteiger charge is -2.07. The molecule has 4 rings (SSSR count). The number of amides is 1. The third kappa shape index (κ3) is 3.29. The van der Waals surface area contributed by atoms with Gasteiger partial charge in [-0.1, -0.05) is 11.3 Å². The third-order valence-electron chi connectivity index (χ3n) is 3.71. The Morgan fingerprint density at radius 2 is 2.14 bits per heavy atom. The highest BCUT2D eigenvalue weighted by atomic mass is 32.1. The van der Waals surface area contributed by atoms with E-state index in [2.05, 4.69) is 25.0 Å². The second kappa shape index (κ2) is 6.34. The minimum absolute atomic E-state index is 0.000487. The van der Waals surface area contributed by atoms with Crippen LogP contribution >= 0.6 is 11.3 Å². The summed E-state index contributed by atoms with van der Waals surface area (Å²) in [6, 6.07) is 3.64. The standard InChI is InChI=1S/C16H9F3N4O4S/c1-6-10(11-12(24)20-5-21-14(11)26-6)13(25)23-15-22-8-3-2-7(4-9(8)28-15)27-16(17,18)19/h2-5H,1H3,(H,20,21,24)(H,22,23,25). The number of H-pyrrole nitrogens is 1. The van der Waals surface area contributed by atoms with Gasteiger partial charge in [0.1, 0.15) is 16.9 Å². The van der Waals surface area contributed by atoms with Crippen molar-refractivity contribution in [2.24, 2.45) is 0 Å². The van der Waals surface area contributed by atoms with Crippen molar-refractivity contribution >= 4 is 43.7 Å². The first-order valence-electron chi connectivity index (χ1n) is 7.66. The summed E-state index contributed by atoms with van der Waals surface area (Å²) in [5, 5.41) is 2.66. The number of aryl methyl sites for hydroxylation is 1. The maximum atomic E-state index is 12.6. The number of hydrogen-bond acceptors (Lipinski definition) is 7. The molecule has 8 nitrogen and oxygen atoms in total. The number of furan rings is 1. The molecular weight excluding hydrogens is 401 g/mol. The van der Waals surface area contributed by atoms with Crippen molar-refractivity contribution in [2.45, 2.75) is 13.3 Å². The molecular formula is C16H9F3N4O4S. The quantitative estimate of drug-likeness (QED) is 0.534. The normalized spacial score (nSPS) is 11.9. The number of carbonyl (C=O) groups is 1. The molecule has 0 saturated heterocycles. The third-order valence-corrected chi connectivity index (χ3v) is 4.64. The fourth-order valence-corrected chi connectivity index (χ4v) is 3.53. The summed E-state index contributed by atoms with van der Waals surface area (Å²) >= 11 is 0.956. The fourth-order valence-electron chi connectivity index (χ4n) is 2.64. The number of anilines is 1. The molecule has 1 aromatic carbocycles. The predicted molar refractivity (Wildman–Crippen MR) is 93.6 cm³/mol. The highest BCUT2D eigenvalue weighted by Gasteiger charge is 2.31. The zero-order valence-electron chi connectivity index (χ0n) is 13.9. The molecule has 0 aliphatic heterocycles. The molecule has 1 amide bonds. The van der Waals surface area contributed by atoms with Crippen LogP contribution in [0.15, 0.2) is 33.7 Å². The van der Waals surface area contributed by atoms with E-state index in [0.717, 1.165) is 23.7 Å². The minimum atomic E-state index is -4.81. The Kier molecular flexibility index (Phi) is 4.07. The lowest BCUT2D eigenvalue weighted by atomic mass is 10.2. The van der Waals surface area contributed by atoms with E-state index in [4.69, 9.17) is 4.42 Å². The molecule has 12 heteroatoms. The topological polar surface area (TPSA) is 110 Å². The van der Waals surface area contributed by atoms with Gasteiger partial charge in [-0.2, -0.15) is 0 Å². The average Bonchev–Trinajstić information content (AvgIpc) is 3.13. The highest BCUT2D eigenvalue weighted by molar-refractivity contribution is 7.22. The maximum Gasteiger partial charge on any atom is 0.573 e. The fraction of sp³-hybridized carbons (Fsp3) is 0.125. The van der Waals surface area contributed by atoms with Crippen LogP contribution in [-0.2, 0) is 0 Å². The largest absolute Gasteiger partial charge is 0.573 e. The molecule has 0 atom stereocenters. The van der Waals surface area contributed by atoms with E-state index in [-0.39, 0.29) is 27.6 Å². The first-order chi connectivity index (χ1) is 13.2. The van der Waals surface area contributed by atoms with Gasteiger partial charge in [0, 0.05) is 6.07 Å². The van der Waals surface area contributed by atoms with Crippen LogP contribution in [0.5, 0.6) is 5.75 Å². The molecule has 0 spiro atoms. The highest BCUT2D eigenvalue weighted by Crippen LogP contribution is 2.32. The molecule has 0 saturated carbocycles. The van der Waals surface area contributed by atoms with E-state index in [9.17, 15) is 22.8 Å². The number of nitrogens with zero attached hydrogens (tertiary/aromatic N) is 2. The van der Waals surface area contributed by atoms with Crippen LogP contribution in [0, 0.1) is 6.92 Å². The molecule has 2 N–H and O–H groups in total. The molecule has 0 bridgehead atoms. The van der Waals surface area contributed by atoms with Crippen molar-refractivity contribution in [1.82, 2.24) is 15.0 Å². The number of alkyl halides is 3. The van der Waals surface area contributed by atoms with Crippen LogP contribution in [0.25, 0.3) is 21.3 Å². The number of aromatic nitrogens is 3. The Bertz CT molecular complexity index is 1270. The van der Waals surface area contributed by atoms with Gasteiger partial charge in [0.15, 0.2) is 5.13 Å². The SMILES string of the molecule is Cc1oc2nc[nH]c(=O)c2c1C(=O)Nc1nc2ccc(OC(F)(F)F)cc2s1. The van der Waals surface area contributed by atoms with Gasteiger partial charge in [0.05, 0.1) is 22.1 Å². The van der Waals surface area contributed by atoms with E-state index in [1.54, 1.807) is 0 Å². The van der Waals surface area contributed by atoms with Crippen molar-refractivity contribution in [2.75, 3.05) is 5.32 Å². The number of rotatable bonds is 3. The second-order valence-electron chi connectivity index (χ2n) is 5.60. The molecule has 0 fully saturated rings. The Morgan fingerprint density at radius 3 is 2.89 bits per heavy atom. The monoisotopic (exact) mass is 410 g/mol. The van der Waals surface area contributed by atoms with Crippen molar-refractivity contribution < 1.29 is 27.1 Å². The summed E-state index contributed by atoms with van der Waals surface area (Å²) in [4.78, 5) is 35.0. The lowest BCUT2D eigenvalue weighted by molar-refractivity contribution is -0.274. The zero-order valence-corrected chi connectivity index (χ0v) is 14.7. The summed E-state index contributed by atoms with van der Waals surface area (Å²) in [5.74, 6) is -0.852. The Labute approximate surface area is 157 Å². The van der Waals surface area contributed by atoms with Gasteiger partial charge in [0.25, 0.3) is 11.5 Å². The van der Waals surface area contributed by atoms with Crippen molar-refractivity contribution in [3.05, 3.63) is 46.2 Å². The number of aromatic amines is 1. The zero-order chi connectivity index (χ0) is 20.1. The van der Waals surface area contributed by atoms with Crippen LogP contribution in [0.1, 0.15) is 16.1 Å². The Morgan fingerprint density at radius 1 is 1.36 bits per heavy atom. The van der Waals surface area contributed by atoms with Gasteiger partial charge in [-0.15, -0.1) is 13.2 Å². The van der Waals surface area contributed by atoms with Gasteiger partial charge in [-0.05, 0) is 19.1 Å². The van der Waals surface area contributed by atoms with Gasteiger partial charge >= 0.3 is 6.36 Å². The first-order valence-corrected chi connectivity index (χ1v) is 8.47. The number of hydrogen-bond donors (Lipinski definition) is 2. The van der Waals surface area contributed by atoms with Crippen LogP contribution in [0.2, 0.25) is 0 Å². The summed E-state index contributed by atoms with van der Waals surface area (Å²) in [7, 11) is 0. The Balaban J connectivity index is 1.66. The maximum absolute atomic E-state index is 12.6. The summed E-state index contributed by atoms with van der Waals surface area (Å²) in [6.07, 6.45) is -3.65. The van der Waals surface area contributed by atoms with E-state index in [1.807, 2.05) is 0 Å². The molecule has 0 aliphatic rings. The van der Waals surface area contributed by atoms with Crippen molar-refractivity contribution in [3.8, 4) is 5.75 Å². The number of ether oxygens (including phenoxy) is 1. The number of halogens is 3. The Hall–Kier alpha value is -3.41. The summed E-state index contributed by atoms with van der Waals surface area (Å²) in [5.41, 5.74) is -0.136. The smallest absolute Gasteiger partial charge is 0.442 e. The van der Waals surface area contributed by atoms with Gasteiger partial charge in [-0.25, -0.2) is 9.97 Å². The van der Waals surface area contributed by atoms with Gasteiger partial charge in [-0.3, -0.25) is 14.9 Å². The van der Waals surface area contributed by atoms with E-state index >= 15 is 0 Å². The van der Waals surface area contributed by atoms with Crippen molar-refractivity contribution in [3.63, 3.8) is 0 Å². The summed E-state index contributed by atoms with van der Waals surface area (Å²) in [6.45, 7) is 1.51. The van der Waals surface area contributed by atoms with E-state index in [1.165, 1.54) is 19.1 Å². The molecule has 4 aromatic rings. The number of carbonyl (C=O) groups excluding carboxylic acids is 1. The molecule has 3 aromatic heterocycles.